The fourth-order valence-corrected chi connectivity index (χ4v) is 3.07. The number of carbonyl (C=O) groups excluding carboxylic acids is 1. The molecule has 0 aliphatic rings. The molecule has 124 valence electrons. The fourth-order valence-electron chi connectivity index (χ4n) is 3.07. The summed E-state index contributed by atoms with van der Waals surface area (Å²) >= 11 is 0. The Labute approximate surface area is 135 Å². The van der Waals surface area contributed by atoms with Crippen LogP contribution in [0.15, 0.2) is 24.3 Å². The van der Waals surface area contributed by atoms with Crippen LogP contribution in [0.2, 0.25) is 0 Å². The molecule has 1 aromatic carbocycles. The number of carbonyl (C=O) groups is 1. The lowest BCUT2D eigenvalue weighted by Crippen LogP contribution is -2.26. The summed E-state index contributed by atoms with van der Waals surface area (Å²) in [6.45, 7) is 12.7. The summed E-state index contributed by atoms with van der Waals surface area (Å²) in [6.07, 6.45) is 2.98. The Hall–Kier alpha value is -1.35. The van der Waals surface area contributed by atoms with Crippen LogP contribution in [0.3, 0.4) is 0 Å². The van der Waals surface area contributed by atoms with Crippen molar-refractivity contribution in [3.63, 3.8) is 0 Å². The van der Waals surface area contributed by atoms with E-state index in [1.807, 2.05) is 12.1 Å². The van der Waals surface area contributed by atoms with Crippen molar-refractivity contribution in [3.8, 4) is 0 Å². The third kappa shape index (κ3) is 6.18. The Kier molecular flexibility index (Phi) is 6.61. The van der Waals surface area contributed by atoms with Crippen molar-refractivity contribution in [2.75, 3.05) is 13.1 Å². The van der Waals surface area contributed by atoms with E-state index in [1.165, 1.54) is 5.56 Å². The third-order valence-electron chi connectivity index (χ3n) is 3.82. The Bertz CT molecular complexity index is 469. The number of hydrogen-bond acceptors (Lipinski definition) is 2. The van der Waals surface area contributed by atoms with Gasteiger partial charge in [-0.2, -0.15) is 0 Å². The van der Waals surface area contributed by atoms with Crippen molar-refractivity contribution in [2.45, 2.75) is 59.3 Å². The summed E-state index contributed by atoms with van der Waals surface area (Å²) in [5.41, 5.74) is 7.84. The number of unbranched alkanes of at least 4 members (excludes halogenated alkanes) is 1. The summed E-state index contributed by atoms with van der Waals surface area (Å²) in [6, 6.07) is 8.02. The molecule has 0 unspecified atom stereocenters. The summed E-state index contributed by atoms with van der Waals surface area (Å²) in [5, 5.41) is 2.94. The minimum Gasteiger partial charge on any atom is -0.352 e. The van der Waals surface area contributed by atoms with E-state index in [4.69, 9.17) is 5.73 Å². The van der Waals surface area contributed by atoms with Gasteiger partial charge in [-0.1, -0.05) is 46.8 Å². The van der Waals surface area contributed by atoms with Crippen molar-refractivity contribution in [3.05, 3.63) is 35.4 Å². The zero-order valence-electron chi connectivity index (χ0n) is 14.8. The average Bonchev–Trinajstić information content (AvgIpc) is 2.41. The highest BCUT2D eigenvalue weighted by molar-refractivity contribution is 5.94. The first-order chi connectivity index (χ1) is 10.2. The second-order valence-corrected chi connectivity index (χ2v) is 7.95. The van der Waals surface area contributed by atoms with Crippen molar-refractivity contribution >= 4 is 5.91 Å². The lowest BCUT2D eigenvalue weighted by Gasteiger charge is -2.33. The highest BCUT2D eigenvalue weighted by Gasteiger charge is 2.27. The van der Waals surface area contributed by atoms with Gasteiger partial charge in [-0.05, 0) is 54.3 Å². The first-order valence-corrected chi connectivity index (χ1v) is 8.24. The molecule has 22 heavy (non-hydrogen) atoms. The molecule has 0 bridgehead atoms. The lowest BCUT2D eigenvalue weighted by atomic mass is 9.72. The Morgan fingerprint density at radius 3 is 2.14 bits per heavy atom. The molecule has 0 heterocycles. The number of nitrogens with one attached hydrogen (secondary N) is 1. The van der Waals surface area contributed by atoms with Crippen LogP contribution in [0.25, 0.3) is 0 Å². The first kappa shape index (κ1) is 18.7. The highest BCUT2D eigenvalue weighted by atomic mass is 16.1. The van der Waals surface area contributed by atoms with Crippen molar-refractivity contribution < 1.29 is 4.79 Å². The van der Waals surface area contributed by atoms with Crippen LogP contribution in [0, 0.1) is 5.41 Å². The zero-order valence-corrected chi connectivity index (χ0v) is 14.8. The van der Waals surface area contributed by atoms with Gasteiger partial charge in [-0.25, -0.2) is 0 Å². The molecule has 0 aromatic heterocycles. The number of rotatable bonds is 7. The molecule has 1 aromatic rings. The SMILES string of the molecule is CC(C)(C)CC(C)(C)c1ccc(C(=O)NCCCCN)cc1. The van der Waals surface area contributed by atoms with Gasteiger partial charge in [0.2, 0.25) is 0 Å². The molecule has 0 radical (unpaired) electrons. The van der Waals surface area contributed by atoms with Gasteiger partial charge < -0.3 is 11.1 Å². The number of nitrogens with two attached hydrogens (primary N) is 1. The van der Waals surface area contributed by atoms with Crippen LogP contribution in [0.4, 0.5) is 0 Å². The summed E-state index contributed by atoms with van der Waals surface area (Å²) < 4.78 is 0. The maximum atomic E-state index is 12.1. The van der Waals surface area contributed by atoms with E-state index in [-0.39, 0.29) is 16.7 Å². The van der Waals surface area contributed by atoms with Crippen LogP contribution < -0.4 is 11.1 Å². The van der Waals surface area contributed by atoms with Gasteiger partial charge in [0.25, 0.3) is 5.91 Å². The normalized spacial score (nSPS) is 12.3. The molecule has 0 aliphatic heterocycles. The van der Waals surface area contributed by atoms with Gasteiger partial charge in [0.15, 0.2) is 0 Å². The van der Waals surface area contributed by atoms with E-state index < -0.39 is 0 Å². The average molecular weight is 304 g/mol. The predicted molar refractivity (Wildman–Crippen MR) is 94.2 cm³/mol. The zero-order chi connectivity index (χ0) is 16.8. The molecule has 0 fully saturated rings. The standard InChI is InChI=1S/C19H32N2O/c1-18(2,3)14-19(4,5)16-10-8-15(9-11-16)17(22)21-13-7-6-12-20/h8-11H,6-7,12-14,20H2,1-5H3,(H,21,22). The van der Waals surface area contributed by atoms with E-state index in [1.54, 1.807) is 0 Å². The highest BCUT2D eigenvalue weighted by Crippen LogP contribution is 2.36. The van der Waals surface area contributed by atoms with Crippen LogP contribution in [-0.4, -0.2) is 19.0 Å². The van der Waals surface area contributed by atoms with E-state index in [0.717, 1.165) is 24.8 Å². The van der Waals surface area contributed by atoms with Crippen molar-refractivity contribution in [2.24, 2.45) is 11.1 Å². The van der Waals surface area contributed by atoms with Gasteiger partial charge in [0, 0.05) is 12.1 Å². The van der Waals surface area contributed by atoms with Crippen molar-refractivity contribution in [1.82, 2.24) is 5.32 Å². The summed E-state index contributed by atoms with van der Waals surface area (Å²) in [7, 11) is 0. The smallest absolute Gasteiger partial charge is 0.251 e. The molecule has 0 aliphatic carbocycles. The second-order valence-electron chi connectivity index (χ2n) is 7.95. The topological polar surface area (TPSA) is 55.1 Å². The largest absolute Gasteiger partial charge is 0.352 e. The van der Waals surface area contributed by atoms with E-state index >= 15 is 0 Å². The maximum Gasteiger partial charge on any atom is 0.251 e. The fraction of sp³-hybridized carbons (Fsp3) is 0.632. The van der Waals surface area contributed by atoms with E-state index in [9.17, 15) is 4.79 Å². The van der Waals surface area contributed by atoms with Gasteiger partial charge in [-0.15, -0.1) is 0 Å². The predicted octanol–water partition coefficient (Wildman–Crippen LogP) is 3.87. The summed E-state index contributed by atoms with van der Waals surface area (Å²) in [4.78, 5) is 12.1. The van der Waals surface area contributed by atoms with Crippen LogP contribution in [0.1, 0.15) is 69.8 Å². The number of benzene rings is 1. The molecule has 0 saturated carbocycles. The Morgan fingerprint density at radius 1 is 1.05 bits per heavy atom. The minimum absolute atomic E-state index is 0.00259. The molecular weight excluding hydrogens is 272 g/mol. The molecule has 1 rings (SSSR count). The quantitative estimate of drug-likeness (QED) is 0.751. The first-order valence-electron chi connectivity index (χ1n) is 8.24. The van der Waals surface area contributed by atoms with Crippen molar-refractivity contribution in [1.29, 1.82) is 0 Å². The minimum atomic E-state index is -0.00259. The van der Waals surface area contributed by atoms with E-state index in [2.05, 4.69) is 52.1 Å². The van der Waals surface area contributed by atoms with Gasteiger partial charge >= 0.3 is 0 Å². The monoisotopic (exact) mass is 304 g/mol. The Morgan fingerprint density at radius 2 is 1.64 bits per heavy atom. The van der Waals surface area contributed by atoms with Crippen LogP contribution in [0.5, 0.6) is 0 Å². The van der Waals surface area contributed by atoms with Gasteiger partial charge in [0.05, 0.1) is 0 Å². The molecule has 3 N–H and O–H groups in total. The molecule has 3 heteroatoms. The number of hydrogen-bond donors (Lipinski definition) is 2. The van der Waals surface area contributed by atoms with Gasteiger partial charge in [0.1, 0.15) is 0 Å². The number of amides is 1. The molecule has 0 atom stereocenters. The van der Waals surface area contributed by atoms with Crippen LogP contribution >= 0.6 is 0 Å². The van der Waals surface area contributed by atoms with Crippen LogP contribution in [-0.2, 0) is 5.41 Å². The Balaban J connectivity index is 2.68. The summed E-state index contributed by atoms with van der Waals surface area (Å²) in [5.74, 6) is -0.00259. The second kappa shape index (κ2) is 7.77. The molecule has 0 saturated heterocycles. The lowest BCUT2D eigenvalue weighted by molar-refractivity contribution is 0.0953. The molecule has 3 nitrogen and oxygen atoms in total. The maximum absolute atomic E-state index is 12.1. The van der Waals surface area contributed by atoms with E-state index in [0.29, 0.717) is 13.1 Å². The molecule has 1 amide bonds. The van der Waals surface area contributed by atoms with Gasteiger partial charge in [-0.3, -0.25) is 4.79 Å². The molecule has 0 spiro atoms. The third-order valence-corrected chi connectivity index (χ3v) is 3.82. The molecular formula is C19H32N2O.